The fourth-order valence-corrected chi connectivity index (χ4v) is 2.51. The Kier molecular flexibility index (Phi) is 2.54. The summed E-state index contributed by atoms with van der Waals surface area (Å²) >= 11 is 0. The minimum absolute atomic E-state index is 0.00507. The van der Waals surface area contributed by atoms with Crippen molar-refractivity contribution in [1.29, 1.82) is 0 Å². The van der Waals surface area contributed by atoms with Gasteiger partial charge < -0.3 is 0 Å². The molecule has 3 nitrogen and oxygen atoms in total. The maximum atomic E-state index is 10.8. The molecule has 0 saturated heterocycles. The average molecular weight is 197 g/mol. The molecule has 0 aromatic heterocycles. The van der Waals surface area contributed by atoms with Gasteiger partial charge in [-0.2, -0.15) is 0 Å². The minimum atomic E-state index is -3.51. The molecule has 1 aliphatic rings. The van der Waals surface area contributed by atoms with E-state index in [9.17, 15) is 13.2 Å². The van der Waals surface area contributed by atoms with Crippen molar-refractivity contribution in [3.63, 3.8) is 0 Å². The van der Waals surface area contributed by atoms with E-state index in [1.807, 2.05) is 0 Å². The lowest BCUT2D eigenvalue weighted by Crippen LogP contribution is -2.24. The van der Waals surface area contributed by atoms with Gasteiger partial charge in [-0.1, -0.05) is 0 Å². The molecule has 0 radical (unpaired) electrons. The number of carbonyl (C=O) groups is 1. The molecule has 0 heterocycles. The van der Waals surface area contributed by atoms with Crippen LogP contribution < -0.4 is 0 Å². The molecule has 0 aromatic carbocycles. The van der Waals surface area contributed by atoms with E-state index in [1.165, 1.54) is 0 Å². The van der Waals surface area contributed by atoms with Gasteiger partial charge in [0, 0.05) is 23.5 Å². The Morgan fingerprint density at radius 1 is 1.45 bits per heavy atom. The van der Waals surface area contributed by atoms with Crippen molar-refractivity contribution in [2.24, 2.45) is 0 Å². The number of carbonyl (C=O) groups excluding carboxylic acids is 1. The van der Waals surface area contributed by atoms with Gasteiger partial charge in [0.15, 0.2) is 0 Å². The SMILES string of the molecule is O=C1CCCC(S(=O)(=O)Cl)C1. The lowest BCUT2D eigenvalue weighted by Gasteiger charge is -2.16. The number of Topliss-reactive ketones (excluding diaryl/α,β-unsaturated/α-hetero) is 1. The molecule has 0 aliphatic heterocycles. The maximum absolute atomic E-state index is 10.8. The highest BCUT2D eigenvalue weighted by Gasteiger charge is 2.28. The van der Waals surface area contributed by atoms with Gasteiger partial charge in [0.2, 0.25) is 9.05 Å². The molecular formula is C6H9ClO3S. The van der Waals surface area contributed by atoms with Gasteiger partial charge >= 0.3 is 0 Å². The topological polar surface area (TPSA) is 51.2 Å². The zero-order valence-corrected chi connectivity index (χ0v) is 7.49. The normalized spacial score (nSPS) is 27.0. The van der Waals surface area contributed by atoms with Crippen LogP contribution in [-0.4, -0.2) is 19.5 Å². The lowest BCUT2D eigenvalue weighted by atomic mass is 9.99. The highest BCUT2D eigenvalue weighted by Crippen LogP contribution is 2.23. The standard InChI is InChI=1S/C6H9ClO3S/c7-11(9,10)6-3-1-2-5(8)4-6/h6H,1-4H2. The second-order valence-corrected chi connectivity index (χ2v) is 5.64. The van der Waals surface area contributed by atoms with E-state index in [0.717, 1.165) is 0 Å². The Labute approximate surface area is 70.2 Å². The van der Waals surface area contributed by atoms with Gasteiger partial charge in [0.05, 0.1) is 5.25 Å². The summed E-state index contributed by atoms with van der Waals surface area (Å²) in [6, 6.07) is 0. The largest absolute Gasteiger partial charge is 0.300 e. The number of rotatable bonds is 1. The molecule has 1 rings (SSSR count). The average Bonchev–Trinajstić information content (AvgIpc) is 1.86. The van der Waals surface area contributed by atoms with E-state index in [0.29, 0.717) is 19.3 Å². The number of hydrogen-bond acceptors (Lipinski definition) is 3. The molecule has 11 heavy (non-hydrogen) atoms. The second kappa shape index (κ2) is 3.11. The highest BCUT2D eigenvalue weighted by molar-refractivity contribution is 8.14. The molecular weight excluding hydrogens is 188 g/mol. The van der Waals surface area contributed by atoms with E-state index in [-0.39, 0.29) is 12.2 Å². The van der Waals surface area contributed by atoms with Crippen molar-refractivity contribution in [2.75, 3.05) is 0 Å². The van der Waals surface area contributed by atoms with E-state index in [1.54, 1.807) is 0 Å². The van der Waals surface area contributed by atoms with Crippen LogP contribution in [0.4, 0.5) is 0 Å². The Bertz CT molecular complexity index is 257. The van der Waals surface area contributed by atoms with E-state index >= 15 is 0 Å². The van der Waals surface area contributed by atoms with Crippen molar-refractivity contribution in [3.05, 3.63) is 0 Å². The van der Waals surface area contributed by atoms with E-state index < -0.39 is 14.3 Å². The Morgan fingerprint density at radius 2 is 2.09 bits per heavy atom. The molecule has 0 spiro atoms. The summed E-state index contributed by atoms with van der Waals surface area (Å²) in [5, 5.41) is -0.634. The summed E-state index contributed by atoms with van der Waals surface area (Å²) in [6.45, 7) is 0. The van der Waals surface area contributed by atoms with E-state index in [2.05, 4.69) is 0 Å². The molecule has 1 saturated carbocycles. The Morgan fingerprint density at radius 3 is 2.45 bits per heavy atom. The van der Waals surface area contributed by atoms with Gasteiger partial charge in [0.1, 0.15) is 5.78 Å². The van der Waals surface area contributed by atoms with Crippen LogP contribution in [0.1, 0.15) is 25.7 Å². The van der Waals surface area contributed by atoms with Crippen LogP contribution in [-0.2, 0) is 13.8 Å². The lowest BCUT2D eigenvalue weighted by molar-refractivity contribution is -0.120. The first-order valence-corrected chi connectivity index (χ1v) is 5.82. The predicted octanol–water partition coefficient (Wildman–Crippen LogP) is 1.07. The Hall–Kier alpha value is -0.0900. The number of hydrogen-bond donors (Lipinski definition) is 0. The van der Waals surface area contributed by atoms with Crippen molar-refractivity contribution in [2.45, 2.75) is 30.9 Å². The quantitative estimate of drug-likeness (QED) is 0.590. The summed E-state index contributed by atoms with van der Waals surface area (Å²) in [4.78, 5) is 10.8. The molecule has 1 aliphatic carbocycles. The third kappa shape index (κ3) is 2.45. The fourth-order valence-electron chi connectivity index (χ4n) is 1.23. The van der Waals surface area contributed by atoms with Crippen LogP contribution in [0.15, 0.2) is 0 Å². The molecule has 0 bridgehead atoms. The van der Waals surface area contributed by atoms with Crippen LogP contribution in [0.3, 0.4) is 0 Å². The first-order chi connectivity index (χ1) is 5.00. The smallest absolute Gasteiger partial charge is 0.235 e. The van der Waals surface area contributed by atoms with Crippen molar-refractivity contribution < 1.29 is 13.2 Å². The molecule has 1 unspecified atom stereocenters. The zero-order valence-electron chi connectivity index (χ0n) is 5.92. The number of halogens is 1. The first kappa shape index (κ1) is 9.00. The summed E-state index contributed by atoms with van der Waals surface area (Å²) in [7, 11) is 1.59. The third-order valence-electron chi connectivity index (χ3n) is 1.84. The second-order valence-electron chi connectivity index (χ2n) is 2.73. The van der Waals surface area contributed by atoms with Crippen molar-refractivity contribution >= 4 is 25.5 Å². The summed E-state index contributed by atoms with van der Waals surface area (Å²) in [5.74, 6) is 0.00507. The highest BCUT2D eigenvalue weighted by atomic mass is 35.7. The van der Waals surface area contributed by atoms with Gasteiger partial charge in [-0.15, -0.1) is 0 Å². The van der Waals surface area contributed by atoms with E-state index in [4.69, 9.17) is 10.7 Å². The molecule has 0 amide bonds. The summed E-state index contributed by atoms with van der Waals surface area (Å²) < 4.78 is 21.5. The van der Waals surface area contributed by atoms with Crippen LogP contribution in [0.25, 0.3) is 0 Å². The van der Waals surface area contributed by atoms with Gasteiger partial charge in [-0.3, -0.25) is 4.79 Å². The van der Waals surface area contributed by atoms with Gasteiger partial charge in [-0.25, -0.2) is 8.42 Å². The summed E-state index contributed by atoms with van der Waals surface area (Å²) in [6.07, 6.45) is 1.78. The van der Waals surface area contributed by atoms with Crippen LogP contribution in [0.2, 0.25) is 0 Å². The molecule has 0 aromatic rings. The van der Waals surface area contributed by atoms with Gasteiger partial charge in [-0.05, 0) is 12.8 Å². The molecule has 64 valence electrons. The van der Waals surface area contributed by atoms with Crippen LogP contribution in [0.5, 0.6) is 0 Å². The Balaban J connectivity index is 2.68. The number of ketones is 1. The molecule has 5 heteroatoms. The van der Waals surface area contributed by atoms with Crippen molar-refractivity contribution in [3.8, 4) is 0 Å². The molecule has 1 fully saturated rings. The van der Waals surface area contributed by atoms with Crippen LogP contribution >= 0.6 is 10.7 Å². The minimum Gasteiger partial charge on any atom is -0.300 e. The zero-order chi connectivity index (χ0) is 8.48. The predicted molar refractivity (Wildman–Crippen MR) is 42.0 cm³/mol. The molecule has 0 N–H and O–H groups in total. The van der Waals surface area contributed by atoms with Crippen molar-refractivity contribution in [1.82, 2.24) is 0 Å². The third-order valence-corrected chi connectivity index (χ3v) is 3.79. The summed E-state index contributed by atoms with van der Waals surface area (Å²) in [5.41, 5.74) is 0. The first-order valence-electron chi connectivity index (χ1n) is 3.45. The maximum Gasteiger partial charge on any atom is 0.235 e. The van der Waals surface area contributed by atoms with Crippen LogP contribution in [0, 0.1) is 0 Å². The monoisotopic (exact) mass is 196 g/mol. The fraction of sp³-hybridized carbons (Fsp3) is 0.833. The molecule has 1 atom stereocenters. The van der Waals surface area contributed by atoms with Gasteiger partial charge in [0.25, 0.3) is 0 Å².